The SMILES string of the molecule is COc1ccc(Cl)cc1NC(=O)CN(C)C(=O)Cc1csc(-c2cccc(F)c2)n1. The molecule has 0 radical (unpaired) electrons. The summed E-state index contributed by atoms with van der Waals surface area (Å²) in [4.78, 5) is 30.5. The molecule has 9 heteroatoms. The maximum Gasteiger partial charge on any atom is 0.244 e. The zero-order valence-corrected chi connectivity index (χ0v) is 17.9. The summed E-state index contributed by atoms with van der Waals surface area (Å²) in [5.41, 5.74) is 1.64. The number of anilines is 1. The van der Waals surface area contributed by atoms with Crippen LogP contribution < -0.4 is 10.1 Å². The molecule has 0 aliphatic rings. The highest BCUT2D eigenvalue weighted by molar-refractivity contribution is 7.13. The molecule has 0 spiro atoms. The summed E-state index contributed by atoms with van der Waals surface area (Å²) in [7, 11) is 3.03. The first-order chi connectivity index (χ1) is 14.4. The van der Waals surface area contributed by atoms with Crippen molar-refractivity contribution in [3.05, 3.63) is 64.4 Å². The largest absolute Gasteiger partial charge is 0.495 e. The molecule has 156 valence electrons. The number of rotatable bonds is 7. The maximum atomic E-state index is 13.4. The fourth-order valence-corrected chi connectivity index (χ4v) is 3.69. The molecule has 2 aromatic carbocycles. The summed E-state index contributed by atoms with van der Waals surface area (Å²) in [5.74, 6) is -0.527. The minimum atomic E-state index is -0.384. The van der Waals surface area contributed by atoms with Crippen molar-refractivity contribution in [1.29, 1.82) is 0 Å². The van der Waals surface area contributed by atoms with Gasteiger partial charge in [0.25, 0.3) is 0 Å². The van der Waals surface area contributed by atoms with Crippen LogP contribution in [0.3, 0.4) is 0 Å². The van der Waals surface area contributed by atoms with Crippen LogP contribution in [0.25, 0.3) is 10.6 Å². The van der Waals surface area contributed by atoms with Crippen LogP contribution in [0.4, 0.5) is 10.1 Å². The molecule has 0 aliphatic heterocycles. The van der Waals surface area contributed by atoms with Crippen molar-refractivity contribution in [2.24, 2.45) is 0 Å². The van der Waals surface area contributed by atoms with E-state index in [-0.39, 0.29) is 30.6 Å². The quantitative estimate of drug-likeness (QED) is 0.587. The normalized spacial score (nSPS) is 10.5. The molecule has 0 saturated heterocycles. The molecule has 1 N–H and O–H groups in total. The van der Waals surface area contributed by atoms with Crippen LogP contribution in [0.15, 0.2) is 47.8 Å². The summed E-state index contributed by atoms with van der Waals surface area (Å²) in [5, 5.41) is 5.53. The average molecular weight is 448 g/mol. The van der Waals surface area contributed by atoms with E-state index in [4.69, 9.17) is 16.3 Å². The number of hydrogen-bond donors (Lipinski definition) is 1. The highest BCUT2D eigenvalue weighted by atomic mass is 35.5. The lowest BCUT2D eigenvalue weighted by Crippen LogP contribution is -2.35. The molecule has 1 heterocycles. The number of nitrogens with zero attached hydrogens (tertiary/aromatic N) is 2. The summed E-state index contributed by atoms with van der Waals surface area (Å²) in [6, 6.07) is 11.0. The van der Waals surface area contributed by atoms with Gasteiger partial charge in [0.05, 0.1) is 31.5 Å². The summed E-state index contributed by atoms with van der Waals surface area (Å²) >= 11 is 7.29. The van der Waals surface area contributed by atoms with Gasteiger partial charge in [-0.1, -0.05) is 23.7 Å². The van der Waals surface area contributed by atoms with Crippen molar-refractivity contribution < 1.29 is 18.7 Å². The van der Waals surface area contributed by atoms with Crippen LogP contribution in [-0.4, -0.2) is 42.4 Å². The third-order valence-corrected chi connectivity index (χ3v) is 5.37. The van der Waals surface area contributed by atoms with Gasteiger partial charge in [-0.25, -0.2) is 9.37 Å². The molecule has 1 aromatic heterocycles. The Kier molecular flexibility index (Phi) is 7.02. The van der Waals surface area contributed by atoms with E-state index < -0.39 is 0 Å². The molecular formula is C21H19ClFN3O3S. The second-order valence-electron chi connectivity index (χ2n) is 6.47. The number of methoxy groups -OCH3 is 1. The topological polar surface area (TPSA) is 71.5 Å². The van der Waals surface area contributed by atoms with Crippen molar-refractivity contribution in [2.45, 2.75) is 6.42 Å². The van der Waals surface area contributed by atoms with Gasteiger partial charge in [0.2, 0.25) is 11.8 Å². The Hall–Kier alpha value is -2.97. The molecule has 2 amide bonds. The average Bonchev–Trinajstić information content (AvgIpc) is 3.16. The van der Waals surface area contributed by atoms with Gasteiger partial charge < -0.3 is 15.0 Å². The Balaban J connectivity index is 1.59. The molecule has 6 nitrogen and oxygen atoms in total. The molecule has 0 bridgehead atoms. The van der Waals surface area contributed by atoms with Gasteiger partial charge in [-0.15, -0.1) is 11.3 Å². The first-order valence-electron chi connectivity index (χ1n) is 8.93. The number of thiazole rings is 1. The molecule has 0 aliphatic carbocycles. The van der Waals surface area contributed by atoms with Gasteiger partial charge in [-0.3, -0.25) is 9.59 Å². The predicted octanol–water partition coefficient (Wildman–Crippen LogP) is 4.25. The van der Waals surface area contributed by atoms with Gasteiger partial charge in [-0.2, -0.15) is 0 Å². The van der Waals surface area contributed by atoms with Crippen molar-refractivity contribution in [3.63, 3.8) is 0 Å². The van der Waals surface area contributed by atoms with Crippen molar-refractivity contribution in [1.82, 2.24) is 9.88 Å². The van der Waals surface area contributed by atoms with Gasteiger partial charge in [0, 0.05) is 23.0 Å². The lowest BCUT2D eigenvalue weighted by Gasteiger charge is -2.17. The van der Waals surface area contributed by atoms with E-state index in [1.807, 2.05) is 0 Å². The van der Waals surface area contributed by atoms with Crippen LogP contribution in [0.1, 0.15) is 5.69 Å². The number of amides is 2. The predicted molar refractivity (Wildman–Crippen MR) is 115 cm³/mol. The number of aromatic nitrogens is 1. The number of likely N-dealkylation sites (N-methyl/N-ethyl adjacent to an activating group) is 1. The number of nitrogens with one attached hydrogen (secondary N) is 1. The molecule has 0 atom stereocenters. The monoisotopic (exact) mass is 447 g/mol. The minimum Gasteiger partial charge on any atom is -0.495 e. The smallest absolute Gasteiger partial charge is 0.244 e. The Morgan fingerprint density at radius 1 is 1.27 bits per heavy atom. The van der Waals surface area contributed by atoms with Gasteiger partial charge in [-0.05, 0) is 30.3 Å². The highest BCUT2D eigenvalue weighted by Gasteiger charge is 2.17. The van der Waals surface area contributed by atoms with Crippen LogP contribution in [0.2, 0.25) is 5.02 Å². The molecule has 3 aromatic rings. The van der Waals surface area contributed by atoms with Crippen LogP contribution in [-0.2, 0) is 16.0 Å². The van der Waals surface area contributed by atoms with E-state index in [2.05, 4.69) is 10.3 Å². The van der Waals surface area contributed by atoms with Crippen molar-refractivity contribution in [2.75, 3.05) is 26.0 Å². The standard InChI is InChI=1S/C21H19ClFN3O3S/c1-26(11-19(27)25-17-9-14(22)6-7-18(17)29-2)20(28)10-16-12-30-21(24-16)13-4-3-5-15(23)8-13/h3-9,12H,10-11H2,1-2H3,(H,25,27). The Morgan fingerprint density at radius 3 is 2.80 bits per heavy atom. The summed E-state index contributed by atoms with van der Waals surface area (Å²) < 4.78 is 18.6. The van der Waals surface area contributed by atoms with Crippen molar-refractivity contribution >= 4 is 40.4 Å². The second kappa shape index (κ2) is 9.69. The van der Waals surface area contributed by atoms with E-state index in [0.29, 0.717) is 32.7 Å². The van der Waals surface area contributed by atoms with Crippen LogP contribution >= 0.6 is 22.9 Å². The van der Waals surface area contributed by atoms with E-state index in [9.17, 15) is 14.0 Å². The zero-order chi connectivity index (χ0) is 21.7. The molecule has 3 rings (SSSR count). The van der Waals surface area contributed by atoms with E-state index >= 15 is 0 Å². The number of hydrogen-bond acceptors (Lipinski definition) is 5. The lowest BCUT2D eigenvalue weighted by molar-refractivity contribution is -0.132. The lowest BCUT2D eigenvalue weighted by atomic mass is 10.2. The summed E-state index contributed by atoms with van der Waals surface area (Å²) in [6.07, 6.45) is 0.0378. The number of carbonyl (C=O) groups excluding carboxylic acids is 2. The zero-order valence-electron chi connectivity index (χ0n) is 16.3. The van der Waals surface area contributed by atoms with Crippen LogP contribution in [0.5, 0.6) is 5.75 Å². The molecule has 30 heavy (non-hydrogen) atoms. The third-order valence-electron chi connectivity index (χ3n) is 4.20. The fourth-order valence-electron chi connectivity index (χ4n) is 2.70. The molecule has 0 unspecified atom stereocenters. The first-order valence-corrected chi connectivity index (χ1v) is 10.2. The number of carbonyl (C=O) groups is 2. The number of halogens is 2. The van der Waals surface area contributed by atoms with Gasteiger partial charge in [0.1, 0.15) is 16.6 Å². The fraction of sp³-hybridized carbons (Fsp3) is 0.190. The van der Waals surface area contributed by atoms with E-state index in [1.165, 1.54) is 42.5 Å². The van der Waals surface area contributed by atoms with Crippen molar-refractivity contribution in [3.8, 4) is 16.3 Å². The Bertz CT molecular complexity index is 1070. The third kappa shape index (κ3) is 5.55. The summed E-state index contributed by atoms with van der Waals surface area (Å²) in [6.45, 7) is -0.143. The van der Waals surface area contributed by atoms with Gasteiger partial charge >= 0.3 is 0 Å². The van der Waals surface area contributed by atoms with E-state index in [1.54, 1.807) is 35.7 Å². The van der Waals surface area contributed by atoms with Gasteiger partial charge in [0.15, 0.2) is 0 Å². The first kappa shape index (κ1) is 21.7. The number of ether oxygens (including phenoxy) is 1. The Labute approximate surface area is 182 Å². The van der Waals surface area contributed by atoms with Crippen LogP contribution in [0, 0.1) is 5.82 Å². The molecule has 0 saturated carbocycles. The van der Waals surface area contributed by atoms with E-state index in [0.717, 1.165) is 0 Å². The second-order valence-corrected chi connectivity index (χ2v) is 7.77. The number of benzene rings is 2. The minimum absolute atomic E-state index is 0.0378. The highest BCUT2D eigenvalue weighted by Crippen LogP contribution is 2.28. The Morgan fingerprint density at radius 2 is 2.07 bits per heavy atom. The maximum absolute atomic E-state index is 13.4. The molecular weight excluding hydrogens is 429 g/mol. The molecule has 0 fully saturated rings.